The molecule has 0 heterocycles. The van der Waals surface area contributed by atoms with Gasteiger partial charge in [0.05, 0.1) is 5.56 Å². The van der Waals surface area contributed by atoms with E-state index in [0.29, 0.717) is 11.0 Å². The number of alkyl carbamates (subject to hydrolysis) is 1. The normalized spacial score (nSPS) is 12.7. The van der Waals surface area contributed by atoms with Crippen molar-refractivity contribution in [1.82, 2.24) is 10.2 Å². The highest BCUT2D eigenvalue weighted by Gasteiger charge is 2.30. The molecule has 1 unspecified atom stereocenters. The number of carboxylic acids is 1. The molecule has 0 saturated carbocycles. The SMILES string of the molecule is CN(Cc1ccccc1)CC(NC(=O)OCC1c2ccccc2-c2ccccc21)C(=O)Nc1cc(Br)cc(C(=O)O)c1. The van der Waals surface area contributed by atoms with Gasteiger partial charge in [-0.15, -0.1) is 0 Å². The van der Waals surface area contributed by atoms with Crippen molar-refractivity contribution in [2.75, 3.05) is 25.5 Å². The van der Waals surface area contributed by atoms with Crippen molar-refractivity contribution in [2.45, 2.75) is 18.5 Å². The van der Waals surface area contributed by atoms with E-state index < -0.39 is 24.0 Å². The van der Waals surface area contributed by atoms with E-state index in [2.05, 4.69) is 38.7 Å². The second-order valence-electron chi connectivity index (χ2n) is 10.2. The lowest BCUT2D eigenvalue weighted by Gasteiger charge is -2.25. The van der Waals surface area contributed by atoms with Gasteiger partial charge in [0.2, 0.25) is 5.91 Å². The first-order valence-electron chi connectivity index (χ1n) is 13.5. The van der Waals surface area contributed by atoms with Gasteiger partial charge in [-0.05, 0) is 53.1 Å². The number of carboxylic acid groups (broad SMARTS) is 1. The summed E-state index contributed by atoms with van der Waals surface area (Å²) in [5, 5.41) is 14.9. The highest BCUT2D eigenvalue weighted by atomic mass is 79.9. The van der Waals surface area contributed by atoms with Gasteiger partial charge in [0.1, 0.15) is 12.6 Å². The van der Waals surface area contributed by atoms with Crippen molar-refractivity contribution in [3.8, 4) is 11.1 Å². The van der Waals surface area contributed by atoms with Crippen molar-refractivity contribution in [2.24, 2.45) is 0 Å². The molecule has 0 aliphatic heterocycles. The van der Waals surface area contributed by atoms with Crippen LogP contribution in [0.15, 0.2) is 102 Å². The number of nitrogens with one attached hydrogen (secondary N) is 2. The number of fused-ring (bicyclic) bond motifs is 3. The van der Waals surface area contributed by atoms with E-state index in [4.69, 9.17) is 4.74 Å². The number of anilines is 1. The molecule has 9 heteroatoms. The molecule has 3 N–H and O–H groups in total. The number of likely N-dealkylation sites (N-methyl/N-ethyl adjacent to an activating group) is 1. The number of carbonyl (C=O) groups excluding carboxylic acids is 2. The first-order valence-corrected chi connectivity index (χ1v) is 14.3. The maximum atomic E-state index is 13.4. The van der Waals surface area contributed by atoms with Gasteiger partial charge < -0.3 is 20.5 Å². The number of rotatable bonds is 10. The van der Waals surface area contributed by atoms with Crippen LogP contribution in [-0.2, 0) is 16.1 Å². The summed E-state index contributed by atoms with van der Waals surface area (Å²) in [5.74, 6) is -1.74. The average Bonchev–Trinajstić information content (AvgIpc) is 3.29. The fraction of sp³-hybridized carbons (Fsp3) is 0.182. The predicted molar refractivity (Wildman–Crippen MR) is 164 cm³/mol. The van der Waals surface area contributed by atoms with Gasteiger partial charge in [-0.1, -0.05) is 94.8 Å². The molecular weight excluding hydrogens is 598 g/mol. The summed E-state index contributed by atoms with van der Waals surface area (Å²) in [6.07, 6.45) is -0.717. The second kappa shape index (κ2) is 13.0. The molecule has 214 valence electrons. The Hall–Kier alpha value is -4.47. The van der Waals surface area contributed by atoms with Gasteiger partial charge in [0.25, 0.3) is 0 Å². The summed E-state index contributed by atoms with van der Waals surface area (Å²) in [6.45, 7) is 0.851. The smallest absolute Gasteiger partial charge is 0.407 e. The van der Waals surface area contributed by atoms with Crippen LogP contribution >= 0.6 is 15.9 Å². The number of nitrogens with zero attached hydrogens (tertiary/aromatic N) is 1. The molecule has 8 nitrogen and oxygen atoms in total. The van der Waals surface area contributed by atoms with Crippen LogP contribution in [0.1, 0.15) is 33.0 Å². The standard InChI is InChI=1S/C33H30BrN3O5/c1-37(18-21-9-3-2-4-10-21)19-30(31(38)35-24-16-22(32(39)40)15-23(34)17-24)36-33(41)42-20-29-27-13-7-5-11-25(27)26-12-6-8-14-28(26)29/h2-17,29-30H,18-20H2,1H3,(H,35,38)(H,36,41)(H,39,40). The van der Waals surface area contributed by atoms with Crippen LogP contribution < -0.4 is 10.6 Å². The third-order valence-electron chi connectivity index (χ3n) is 7.15. The summed E-state index contributed by atoms with van der Waals surface area (Å²) in [6, 6.07) is 29.3. The van der Waals surface area contributed by atoms with Gasteiger partial charge >= 0.3 is 12.1 Å². The monoisotopic (exact) mass is 627 g/mol. The number of amides is 2. The molecule has 0 saturated heterocycles. The molecule has 1 aliphatic carbocycles. The number of carbonyl (C=O) groups is 3. The molecule has 0 bridgehead atoms. The summed E-state index contributed by atoms with van der Waals surface area (Å²) >= 11 is 3.29. The molecule has 4 aromatic rings. The lowest BCUT2D eigenvalue weighted by molar-refractivity contribution is -0.118. The molecule has 0 spiro atoms. The van der Waals surface area contributed by atoms with Crippen molar-refractivity contribution in [1.29, 1.82) is 0 Å². The minimum Gasteiger partial charge on any atom is -0.478 e. The van der Waals surface area contributed by atoms with Crippen LogP contribution in [0.4, 0.5) is 10.5 Å². The molecule has 2 amide bonds. The predicted octanol–water partition coefficient (Wildman–Crippen LogP) is 6.13. The highest BCUT2D eigenvalue weighted by molar-refractivity contribution is 9.10. The van der Waals surface area contributed by atoms with Crippen LogP contribution in [0.25, 0.3) is 11.1 Å². The molecule has 42 heavy (non-hydrogen) atoms. The van der Waals surface area contributed by atoms with Gasteiger partial charge in [-0.3, -0.25) is 9.69 Å². The lowest BCUT2D eigenvalue weighted by atomic mass is 9.98. The average molecular weight is 629 g/mol. The molecule has 0 fully saturated rings. The Balaban J connectivity index is 1.30. The molecular formula is C33H30BrN3O5. The summed E-state index contributed by atoms with van der Waals surface area (Å²) in [7, 11) is 1.86. The maximum Gasteiger partial charge on any atom is 0.407 e. The summed E-state index contributed by atoms with van der Waals surface area (Å²) in [5.41, 5.74) is 5.78. The third-order valence-corrected chi connectivity index (χ3v) is 7.61. The molecule has 1 aliphatic rings. The third kappa shape index (κ3) is 6.87. The van der Waals surface area contributed by atoms with Crippen LogP contribution in [-0.4, -0.2) is 54.2 Å². The zero-order valence-electron chi connectivity index (χ0n) is 22.9. The van der Waals surface area contributed by atoms with Gasteiger partial charge in [-0.2, -0.15) is 0 Å². The van der Waals surface area contributed by atoms with Gasteiger partial charge in [-0.25, -0.2) is 9.59 Å². The zero-order chi connectivity index (χ0) is 29.6. The molecule has 0 aromatic heterocycles. The van der Waals surface area contributed by atoms with Crippen molar-refractivity contribution < 1.29 is 24.2 Å². The van der Waals surface area contributed by atoms with E-state index in [1.54, 1.807) is 6.07 Å². The lowest BCUT2D eigenvalue weighted by Crippen LogP contribution is -2.50. The Labute approximate surface area is 252 Å². The van der Waals surface area contributed by atoms with E-state index in [1.807, 2.05) is 78.7 Å². The minimum atomic E-state index is -1.12. The molecule has 1 atom stereocenters. The van der Waals surface area contributed by atoms with Crippen LogP contribution in [0.2, 0.25) is 0 Å². The second-order valence-corrected chi connectivity index (χ2v) is 11.1. The Bertz CT molecular complexity index is 1570. The fourth-order valence-corrected chi connectivity index (χ4v) is 5.76. The molecule has 0 radical (unpaired) electrons. The quantitative estimate of drug-likeness (QED) is 0.195. The first kappa shape index (κ1) is 29.0. The number of halogens is 1. The van der Waals surface area contributed by atoms with Crippen LogP contribution in [0.5, 0.6) is 0 Å². The topological polar surface area (TPSA) is 108 Å². The summed E-state index contributed by atoms with van der Waals surface area (Å²) in [4.78, 5) is 40.0. The van der Waals surface area contributed by atoms with Crippen LogP contribution in [0.3, 0.4) is 0 Å². The molecule has 5 rings (SSSR count). The van der Waals surface area contributed by atoms with E-state index >= 15 is 0 Å². The fourth-order valence-electron chi connectivity index (χ4n) is 5.26. The molecule has 4 aromatic carbocycles. The van der Waals surface area contributed by atoms with Gasteiger partial charge in [0, 0.05) is 29.2 Å². The zero-order valence-corrected chi connectivity index (χ0v) is 24.5. The Morgan fingerprint density at radius 3 is 2.17 bits per heavy atom. The number of aromatic carboxylic acids is 1. The Kier molecular flexibility index (Phi) is 9.00. The van der Waals surface area contributed by atoms with E-state index in [0.717, 1.165) is 27.8 Å². The number of ether oxygens (including phenoxy) is 1. The van der Waals surface area contributed by atoms with Gasteiger partial charge in [0.15, 0.2) is 0 Å². The Morgan fingerprint density at radius 1 is 0.905 bits per heavy atom. The first-order chi connectivity index (χ1) is 20.3. The van der Waals surface area contributed by atoms with Crippen molar-refractivity contribution in [3.05, 3.63) is 124 Å². The van der Waals surface area contributed by atoms with Crippen LogP contribution in [0, 0.1) is 0 Å². The largest absolute Gasteiger partial charge is 0.478 e. The number of hydrogen-bond donors (Lipinski definition) is 3. The van der Waals surface area contributed by atoms with Crippen molar-refractivity contribution in [3.63, 3.8) is 0 Å². The van der Waals surface area contributed by atoms with E-state index in [1.165, 1.54) is 12.1 Å². The minimum absolute atomic E-state index is 0.0157. The van der Waals surface area contributed by atoms with E-state index in [9.17, 15) is 19.5 Å². The van der Waals surface area contributed by atoms with E-state index in [-0.39, 0.29) is 30.3 Å². The summed E-state index contributed by atoms with van der Waals surface area (Å²) < 4.78 is 6.21. The Morgan fingerprint density at radius 2 is 1.52 bits per heavy atom. The number of hydrogen-bond acceptors (Lipinski definition) is 5. The maximum absolute atomic E-state index is 13.4. The van der Waals surface area contributed by atoms with Crippen molar-refractivity contribution >= 4 is 39.6 Å². The highest BCUT2D eigenvalue weighted by Crippen LogP contribution is 2.44. The number of benzene rings is 4.